The summed E-state index contributed by atoms with van der Waals surface area (Å²) in [7, 11) is 0. The number of hydrogen-bond donors (Lipinski definition) is 0. The first-order valence-electron chi connectivity index (χ1n) is 14.0. The molecule has 1 aliphatic carbocycles. The Hall–Kier alpha value is -3.90. The lowest BCUT2D eigenvalue weighted by atomic mass is 9.66. The Kier molecular flexibility index (Phi) is 6.50. The second-order valence-corrected chi connectivity index (χ2v) is 11.7. The van der Waals surface area contributed by atoms with Crippen LogP contribution in [0.25, 0.3) is 44.5 Å². The predicted octanol–water partition coefficient (Wildman–Crippen LogP) is 10.5. The fourth-order valence-electron chi connectivity index (χ4n) is 6.39. The van der Waals surface area contributed by atoms with E-state index in [0.717, 1.165) is 12.8 Å². The van der Waals surface area contributed by atoms with Gasteiger partial charge in [-0.05, 0) is 86.2 Å². The van der Waals surface area contributed by atoms with Crippen molar-refractivity contribution < 1.29 is 0 Å². The minimum atomic E-state index is 0.267. The van der Waals surface area contributed by atoms with Gasteiger partial charge in [0.05, 0.1) is 0 Å². The summed E-state index contributed by atoms with van der Waals surface area (Å²) in [6.07, 6.45) is 3.44. The Bertz CT molecular complexity index is 1520. The topological polar surface area (TPSA) is 0 Å². The minimum absolute atomic E-state index is 0.267. The van der Waals surface area contributed by atoms with Crippen LogP contribution in [0.4, 0.5) is 0 Å². The van der Waals surface area contributed by atoms with Gasteiger partial charge < -0.3 is 0 Å². The van der Waals surface area contributed by atoms with Crippen molar-refractivity contribution in [1.82, 2.24) is 0 Å². The zero-order valence-corrected chi connectivity index (χ0v) is 22.7. The van der Waals surface area contributed by atoms with E-state index in [1.54, 1.807) is 5.56 Å². The molecular formula is C38H36. The summed E-state index contributed by atoms with van der Waals surface area (Å²) < 4.78 is 0. The van der Waals surface area contributed by atoms with E-state index in [9.17, 15) is 0 Å². The maximum Gasteiger partial charge on any atom is -0.00176 e. The Morgan fingerprint density at radius 1 is 0.447 bits per heavy atom. The van der Waals surface area contributed by atoms with Gasteiger partial charge >= 0.3 is 0 Å². The first-order chi connectivity index (χ1) is 18.5. The molecule has 1 aliphatic rings. The van der Waals surface area contributed by atoms with Crippen molar-refractivity contribution in [1.29, 1.82) is 0 Å². The lowest BCUT2D eigenvalue weighted by Gasteiger charge is -2.38. The van der Waals surface area contributed by atoms with Gasteiger partial charge in [0.1, 0.15) is 0 Å². The molecule has 0 saturated carbocycles. The molecule has 0 nitrogen and oxygen atoms in total. The first-order valence-corrected chi connectivity index (χ1v) is 14.0. The fourth-order valence-corrected chi connectivity index (χ4v) is 6.39. The molecule has 38 heavy (non-hydrogen) atoms. The average molecular weight is 493 g/mol. The molecule has 0 aliphatic heterocycles. The van der Waals surface area contributed by atoms with Gasteiger partial charge in [-0.2, -0.15) is 0 Å². The number of fused-ring (bicyclic) bond motifs is 1. The van der Waals surface area contributed by atoms with Crippen LogP contribution >= 0.6 is 0 Å². The van der Waals surface area contributed by atoms with Crippen molar-refractivity contribution in [3.63, 3.8) is 0 Å². The van der Waals surface area contributed by atoms with Gasteiger partial charge in [-0.3, -0.25) is 0 Å². The second-order valence-electron chi connectivity index (χ2n) is 11.7. The molecule has 6 rings (SSSR count). The summed E-state index contributed by atoms with van der Waals surface area (Å²) in [5.74, 6) is 0.646. The zero-order valence-electron chi connectivity index (χ0n) is 22.7. The van der Waals surface area contributed by atoms with Crippen LogP contribution in [-0.4, -0.2) is 0 Å². The van der Waals surface area contributed by atoms with E-state index in [1.165, 1.54) is 56.5 Å². The highest BCUT2D eigenvalue weighted by atomic mass is 14.4. The van der Waals surface area contributed by atoms with E-state index in [1.807, 2.05) is 0 Å². The van der Waals surface area contributed by atoms with Crippen molar-refractivity contribution in [2.45, 2.75) is 40.0 Å². The van der Waals surface area contributed by atoms with Crippen molar-refractivity contribution in [2.24, 2.45) is 11.3 Å². The van der Waals surface area contributed by atoms with Gasteiger partial charge in [-0.15, -0.1) is 0 Å². The molecule has 188 valence electrons. The molecule has 1 atom stereocenters. The summed E-state index contributed by atoms with van der Waals surface area (Å²) in [5.41, 5.74) is 14.1. The summed E-state index contributed by atoms with van der Waals surface area (Å²) >= 11 is 0. The van der Waals surface area contributed by atoms with Crippen LogP contribution in [0.3, 0.4) is 0 Å². The Balaban J connectivity index is 1.82. The van der Waals surface area contributed by atoms with Gasteiger partial charge in [-0.1, -0.05) is 142 Å². The number of rotatable bonds is 4. The monoisotopic (exact) mass is 492 g/mol. The van der Waals surface area contributed by atoms with Crippen LogP contribution < -0.4 is 0 Å². The normalized spacial score (nSPS) is 15.2. The Labute approximate surface area is 228 Å². The third-order valence-electron chi connectivity index (χ3n) is 8.39. The highest BCUT2D eigenvalue weighted by Crippen LogP contribution is 2.53. The minimum Gasteiger partial charge on any atom is -0.0622 e. The van der Waals surface area contributed by atoms with Crippen LogP contribution in [0.5, 0.6) is 0 Å². The maximum absolute atomic E-state index is 2.42. The Morgan fingerprint density at radius 3 is 1.16 bits per heavy atom. The average Bonchev–Trinajstić information content (AvgIpc) is 2.97. The second kappa shape index (κ2) is 10.1. The highest BCUT2D eigenvalue weighted by molar-refractivity contribution is 6.04. The van der Waals surface area contributed by atoms with Gasteiger partial charge in [0.15, 0.2) is 0 Å². The summed E-state index contributed by atoms with van der Waals surface area (Å²) in [6, 6.07) is 44.3. The van der Waals surface area contributed by atoms with Crippen molar-refractivity contribution in [3.8, 4) is 44.5 Å². The zero-order chi connectivity index (χ0) is 26.1. The first kappa shape index (κ1) is 24.4. The van der Waals surface area contributed by atoms with Gasteiger partial charge in [0, 0.05) is 0 Å². The fraction of sp³-hybridized carbons (Fsp3) is 0.211. The molecule has 5 aromatic rings. The van der Waals surface area contributed by atoms with Crippen LogP contribution in [0, 0.1) is 11.3 Å². The predicted molar refractivity (Wildman–Crippen MR) is 163 cm³/mol. The molecule has 0 N–H and O–H groups in total. The lowest BCUT2D eigenvalue weighted by molar-refractivity contribution is 0.216. The van der Waals surface area contributed by atoms with Crippen LogP contribution in [0.2, 0.25) is 0 Å². The molecule has 0 heterocycles. The van der Waals surface area contributed by atoms with Gasteiger partial charge in [0.25, 0.3) is 0 Å². The van der Waals surface area contributed by atoms with Crippen LogP contribution in [-0.2, 0) is 12.8 Å². The molecule has 1 unspecified atom stereocenters. The SMILES string of the molecule is CC(C)(C)C1CCc2c(c(-c3ccccc3)c(-c3ccccc3)c(-c3ccccc3)c2-c2ccccc2)C1. The summed E-state index contributed by atoms with van der Waals surface area (Å²) in [5, 5.41) is 0. The molecule has 0 radical (unpaired) electrons. The number of benzene rings is 5. The molecule has 0 aromatic heterocycles. The highest BCUT2D eigenvalue weighted by Gasteiger charge is 2.34. The van der Waals surface area contributed by atoms with E-state index in [4.69, 9.17) is 0 Å². The molecule has 0 amide bonds. The molecule has 0 heteroatoms. The van der Waals surface area contributed by atoms with E-state index in [-0.39, 0.29) is 5.41 Å². The van der Waals surface area contributed by atoms with E-state index < -0.39 is 0 Å². The van der Waals surface area contributed by atoms with Crippen molar-refractivity contribution >= 4 is 0 Å². The third-order valence-corrected chi connectivity index (χ3v) is 8.39. The van der Waals surface area contributed by atoms with Crippen molar-refractivity contribution in [3.05, 3.63) is 132 Å². The molecule has 0 saturated heterocycles. The van der Waals surface area contributed by atoms with Crippen molar-refractivity contribution in [2.75, 3.05) is 0 Å². The summed E-state index contributed by atoms with van der Waals surface area (Å²) in [4.78, 5) is 0. The molecule has 5 aromatic carbocycles. The molecular weight excluding hydrogens is 456 g/mol. The van der Waals surface area contributed by atoms with Gasteiger partial charge in [0.2, 0.25) is 0 Å². The standard InChI is InChI=1S/C38H36/c1-38(2,3)31-24-25-32-33(26-31)35(28-18-10-5-11-19-28)37(30-22-14-7-15-23-30)36(29-20-12-6-13-21-29)34(32)27-16-8-4-9-17-27/h4-23,31H,24-26H2,1-3H3. The van der Waals surface area contributed by atoms with Gasteiger partial charge in [-0.25, -0.2) is 0 Å². The molecule has 0 spiro atoms. The summed E-state index contributed by atoms with van der Waals surface area (Å²) in [6.45, 7) is 7.25. The van der Waals surface area contributed by atoms with E-state index in [0.29, 0.717) is 5.92 Å². The maximum atomic E-state index is 2.42. The van der Waals surface area contributed by atoms with Crippen LogP contribution in [0.1, 0.15) is 38.3 Å². The smallest absolute Gasteiger partial charge is 0.00176 e. The molecule has 0 fully saturated rings. The quantitative estimate of drug-likeness (QED) is 0.234. The number of hydrogen-bond acceptors (Lipinski definition) is 0. The van der Waals surface area contributed by atoms with E-state index in [2.05, 4.69) is 142 Å². The van der Waals surface area contributed by atoms with Crippen LogP contribution in [0.15, 0.2) is 121 Å². The Morgan fingerprint density at radius 2 is 0.789 bits per heavy atom. The lowest BCUT2D eigenvalue weighted by Crippen LogP contribution is -2.28. The molecule has 0 bridgehead atoms. The van der Waals surface area contributed by atoms with E-state index >= 15 is 0 Å². The largest absolute Gasteiger partial charge is 0.0622 e. The third kappa shape index (κ3) is 4.50.